The molecule has 1 aromatic rings. The van der Waals surface area contributed by atoms with E-state index in [1.807, 2.05) is 6.92 Å². The van der Waals surface area contributed by atoms with Crippen LogP contribution < -0.4 is 0 Å². The minimum Gasteiger partial charge on any atom is -0.212 e. The molecule has 0 aliphatic rings. The molecule has 0 radical (unpaired) electrons. The predicted molar refractivity (Wildman–Crippen MR) is 66.6 cm³/mol. The minimum atomic E-state index is -3.29. The molecule has 0 saturated carbocycles. The molecule has 0 amide bonds. The Bertz CT molecular complexity index is 442. The van der Waals surface area contributed by atoms with Gasteiger partial charge >= 0.3 is 0 Å². The molecule has 0 atom stereocenters. The van der Waals surface area contributed by atoms with Gasteiger partial charge in [-0.25, -0.2) is 17.1 Å². The van der Waals surface area contributed by atoms with E-state index >= 15 is 0 Å². The molecule has 1 rings (SSSR count). The Morgan fingerprint density at radius 3 is 2.35 bits per heavy atom. The van der Waals surface area contributed by atoms with Crippen molar-refractivity contribution in [3.8, 4) is 0 Å². The van der Waals surface area contributed by atoms with Gasteiger partial charge in [-0.1, -0.05) is 25.5 Å². The SMILES string of the molecule is CCCCN(C)S(=O)(=O)Cc1ccc(F)cc1. The summed E-state index contributed by atoms with van der Waals surface area (Å²) in [6, 6.07) is 5.55. The summed E-state index contributed by atoms with van der Waals surface area (Å²) in [5, 5.41) is 0. The lowest BCUT2D eigenvalue weighted by Gasteiger charge is -2.16. The van der Waals surface area contributed by atoms with E-state index in [4.69, 9.17) is 0 Å². The number of unbranched alkanes of at least 4 members (excludes halogenated alkanes) is 1. The van der Waals surface area contributed by atoms with Gasteiger partial charge in [-0.15, -0.1) is 0 Å². The number of hydrogen-bond acceptors (Lipinski definition) is 2. The Morgan fingerprint density at radius 2 is 1.82 bits per heavy atom. The first-order valence-corrected chi connectivity index (χ1v) is 7.25. The fourth-order valence-corrected chi connectivity index (χ4v) is 2.66. The molecule has 0 spiro atoms. The Labute approximate surface area is 102 Å². The third-order valence-corrected chi connectivity index (χ3v) is 4.39. The van der Waals surface area contributed by atoms with Crippen molar-refractivity contribution in [1.29, 1.82) is 0 Å². The Balaban J connectivity index is 2.69. The highest BCUT2D eigenvalue weighted by atomic mass is 32.2. The second-order valence-corrected chi connectivity index (χ2v) is 6.13. The molecule has 0 saturated heterocycles. The summed E-state index contributed by atoms with van der Waals surface area (Å²) in [6.45, 7) is 2.54. The minimum absolute atomic E-state index is 0.0759. The van der Waals surface area contributed by atoms with Crippen molar-refractivity contribution in [2.24, 2.45) is 0 Å². The van der Waals surface area contributed by atoms with Gasteiger partial charge in [0.25, 0.3) is 0 Å². The fourth-order valence-electron chi connectivity index (χ4n) is 1.42. The first-order chi connectivity index (χ1) is 7.95. The zero-order chi connectivity index (χ0) is 12.9. The molecular weight excluding hydrogens is 241 g/mol. The van der Waals surface area contributed by atoms with Gasteiger partial charge < -0.3 is 0 Å². The number of rotatable bonds is 6. The monoisotopic (exact) mass is 259 g/mol. The summed E-state index contributed by atoms with van der Waals surface area (Å²) >= 11 is 0. The van der Waals surface area contributed by atoms with Crippen LogP contribution in [0.3, 0.4) is 0 Å². The van der Waals surface area contributed by atoms with Crippen LogP contribution in [0, 0.1) is 5.82 Å². The Hall–Kier alpha value is -0.940. The summed E-state index contributed by atoms with van der Waals surface area (Å²) in [4.78, 5) is 0. The van der Waals surface area contributed by atoms with Gasteiger partial charge in [0.15, 0.2) is 0 Å². The molecule has 5 heteroatoms. The van der Waals surface area contributed by atoms with Crippen molar-refractivity contribution >= 4 is 10.0 Å². The summed E-state index contributed by atoms with van der Waals surface area (Å²) in [5.74, 6) is -0.432. The maximum atomic E-state index is 12.7. The van der Waals surface area contributed by atoms with Crippen molar-refractivity contribution in [1.82, 2.24) is 4.31 Å². The smallest absolute Gasteiger partial charge is 0.212 e. The van der Waals surface area contributed by atoms with Crippen LogP contribution in [0.5, 0.6) is 0 Å². The molecule has 0 heterocycles. The van der Waals surface area contributed by atoms with E-state index in [9.17, 15) is 12.8 Å². The number of hydrogen-bond donors (Lipinski definition) is 0. The molecule has 0 fully saturated rings. The van der Waals surface area contributed by atoms with Gasteiger partial charge in [-0.2, -0.15) is 0 Å². The van der Waals surface area contributed by atoms with Crippen LogP contribution in [-0.2, 0) is 15.8 Å². The standard InChI is InChI=1S/C12H18FNO2S/c1-3-4-9-14(2)17(15,16)10-11-5-7-12(13)8-6-11/h5-8H,3-4,9-10H2,1-2H3. The third kappa shape index (κ3) is 4.44. The average Bonchev–Trinajstić information content (AvgIpc) is 2.28. The van der Waals surface area contributed by atoms with Gasteiger partial charge in [0.2, 0.25) is 10.0 Å². The molecule has 0 bridgehead atoms. The lowest BCUT2D eigenvalue weighted by atomic mass is 10.2. The molecule has 0 aromatic heterocycles. The van der Waals surface area contributed by atoms with E-state index in [1.165, 1.54) is 28.6 Å². The highest BCUT2D eigenvalue weighted by Gasteiger charge is 2.17. The molecule has 0 N–H and O–H groups in total. The van der Waals surface area contributed by atoms with E-state index in [0.29, 0.717) is 12.1 Å². The molecule has 0 aliphatic heterocycles. The van der Waals surface area contributed by atoms with Crippen molar-refractivity contribution in [2.45, 2.75) is 25.5 Å². The molecule has 1 aromatic carbocycles. The maximum Gasteiger partial charge on any atom is 0.218 e. The van der Waals surface area contributed by atoms with E-state index in [-0.39, 0.29) is 11.6 Å². The van der Waals surface area contributed by atoms with Crippen LogP contribution in [0.1, 0.15) is 25.3 Å². The Kier molecular flexibility index (Phi) is 5.08. The number of sulfonamides is 1. The van der Waals surface area contributed by atoms with Crippen molar-refractivity contribution in [2.75, 3.05) is 13.6 Å². The number of nitrogens with zero attached hydrogens (tertiary/aromatic N) is 1. The van der Waals surface area contributed by atoms with Crippen LogP contribution in [0.15, 0.2) is 24.3 Å². The molecule has 17 heavy (non-hydrogen) atoms. The van der Waals surface area contributed by atoms with E-state index in [2.05, 4.69) is 0 Å². The second kappa shape index (κ2) is 6.12. The largest absolute Gasteiger partial charge is 0.218 e. The van der Waals surface area contributed by atoms with Gasteiger partial charge in [0.05, 0.1) is 5.75 Å². The van der Waals surface area contributed by atoms with Crippen LogP contribution in [0.25, 0.3) is 0 Å². The average molecular weight is 259 g/mol. The molecule has 0 unspecified atom stereocenters. The summed E-state index contributed by atoms with van der Waals surface area (Å²) in [7, 11) is -1.71. The highest BCUT2D eigenvalue weighted by molar-refractivity contribution is 7.88. The molecule has 3 nitrogen and oxygen atoms in total. The van der Waals surface area contributed by atoms with Crippen molar-refractivity contribution < 1.29 is 12.8 Å². The summed E-state index contributed by atoms with van der Waals surface area (Å²) in [5.41, 5.74) is 0.606. The quantitative estimate of drug-likeness (QED) is 0.786. The highest BCUT2D eigenvalue weighted by Crippen LogP contribution is 2.11. The van der Waals surface area contributed by atoms with Crippen LogP contribution in [-0.4, -0.2) is 26.3 Å². The van der Waals surface area contributed by atoms with Gasteiger partial charge in [0.1, 0.15) is 5.82 Å². The Morgan fingerprint density at radius 1 is 1.24 bits per heavy atom. The third-order valence-electron chi connectivity index (χ3n) is 2.56. The normalized spacial score (nSPS) is 12.0. The zero-order valence-electron chi connectivity index (χ0n) is 10.2. The first kappa shape index (κ1) is 14.1. The van der Waals surface area contributed by atoms with Crippen LogP contribution in [0.4, 0.5) is 4.39 Å². The first-order valence-electron chi connectivity index (χ1n) is 5.64. The van der Waals surface area contributed by atoms with E-state index in [1.54, 1.807) is 7.05 Å². The summed E-state index contributed by atoms with van der Waals surface area (Å²) in [6.07, 6.45) is 1.80. The van der Waals surface area contributed by atoms with Crippen molar-refractivity contribution in [3.63, 3.8) is 0 Å². The number of benzene rings is 1. The number of halogens is 1. The van der Waals surface area contributed by atoms with E-state index in [0.717, 1.165) is 12.8 Å². The molecule has 96 valence electrons. The second-order valence-electron chi connectivity index (χ2n) is 4.06. The fraction of sp³-hybridized carbons (Fsp3) is 0.500. The topological polar surface area (TPSA) is 37.4 Å². The van der Waals surface area contributed by atoms with E-state index < -0.39 is 10.0 Å². The lowest BCUT2D eigenvalue weighted by molar-refractivity contribution is 0.458. The molecule has 0 aliphatic carbocycles. The van der Waals surface area contributed by atoms with Crippen molar-refractivity contribution in [3.05, 3.63) is 35.6 Å². The lowest BCUT2D eigenvalue weighted by Crippen LogP contribution is -2.29. The molecular formula is C12H18FNO2S. The van der Waals surface area contributed by atoms with Crippen LogP contribution >= 0.6 is 0 Å². The van der Waals surface area contributed by atoms with Gasteiger partial charge in [0, 0.05) is 13.6 Å². The zero-order valence-corrected chi connectivity index (χ0v) is 11.0. The maximum absolute atomic E-state index is 12.7. The van der Waals surface area contributed by atoms with Gasteiger partial charge in [-0.3, -0.25) is 0 Å². The predicted octanol–water partition coefficient (Wildman–Crippen LogP) is 2.39. The van der Waals surface area contributed by atoms with Crippen LogP contribution in [0.2, 0.25) is 0 Å². The summed E-state index contributed by atoms with van der Waals surface area (Å²) < 4.78 is 37.9. The van der Waals surface area contributed by atoms with Gasteiger partial charge in [-0.05, 0) is 24.1 Å².